The molecule has 0 spiro atoms. The van der Waals surface area contributed by atoms with Crippen LogP contribution in [-0.4, -0.2) is 96.0 Å². The Hall–Kier alpha value is -15.5. The van der Waals surface area contributed by atoms with E-state index >= 15 is 0 Å². The van der Waals surface area contributed by atoms with Gasteiger partial charge in [-0.2, -0.15) is 35.1 Å². The van der Waals surface area contributed by atoms with E-state index in [-0.39, 0.29) is 18.5 Å². The molecule has 16 aromatic rings. The molecule has 8 heterocycles. The summed E-state index contributed by atoms with van der Waals surface area (Å²) in [7, 11) is 9.87. The fourth-order valence-electron chi connectivity index (χ4n) is 15.4. The molecule has 0 amide bonds. The molecule has 17 rings (SSSR count). The SMILES string of the molecule is CCOC(=O)c1cn(CC)c2cc(OC)ccc12.CCn1c(-c2ccc(OC)cc2)c(C#N)c2ccc(OC)cc21.CCn1c(-c2ccc3c(c2)OCO3)c(C#N)c2ccc(OC)cc21.CCn1c(-c2ccccc2)c(C#N)c2ccc(OC)cc21.CCn1c(-c2ccoc2)c(C#N)c2ccc(OC)cc21.CCn1cc(C#N)c2ccc(OC(F)F)cc21. The van der Waals surface area contributed by atoms with E-state index < -0.39 is 6.61 Å². The molecule has 25 heteroatoms. The number of hydrogen-bond donors (Lipinski definition) is 0. The number of hydrogen-bond acceptors (Lipinski definition) is 17. The second-order valence-electron chi connectivity index (χ2n) is 27.5. The Morgan fingerprint density at radius 2 is 0.756 bits per heavy atom. The molecule has 0 bridgehead atoms. The van der Waals surface area contributed by atoms with Crippen LogP contribution >= 0.6 is 0 Å². The van der Waals surface area contributed by atoms with Gasteiger partial charge in [0.05, 0.1) is 151 Å². The largest absolute Gasteiger partial charge is 0.497 e. The van der Waals surface area contributed by atoms with Crippen molar-refractivity contribution in [3.63, 3.8) is 0 Å². The molecule has 9 aromatic carbocycles. The number of methoxy groups -OCH3 is 6. The lowest BCUT2D eigenvalue weighted by Crippen LogP contribution is -2.03. The predicted octanol–water partition coefficient (Wildman–Crippen LogP) is 22.1. The average molecular weight is 1650 g/mol. The molecular formula is C98H91F2N11O12. The van der Waals surface area contributed by atoms with Crippen LogP contribution in [0.5, 0.6) is 51.7 Å². The summed E-state index contributed by atoms with van der Waals surface area (Å²) in [6, 6.07) is 70.5. The minimum atomic E-state index is -2.84. The molecule has 7 aromatic heterocycles. The molecule has 0 aliphatic carbocycles. The zero-order valence-corrected chi connectivity index (χ0v) is 70.5. The minimum Gasteiger partial charge on any atom is -0.497 e. The van der Waals surface area contributed by atoms with Crippen molar-refractivity contribution in [1.29, 1.82) is 26.3 Å². The topological polar surface area (TPSA) is 271 Å². The first-order chi connectivity index (χ1) is 59.9. The molecule has 0 saturated carbocycles. The summed E-state index contributed by atoms with van der Waals surface area (Å²) in [5, 5.41) is 53.0. The highest BCUT2D eigenvalue weighted by Gasteiger charge is 2.26. The molecule has 0 N–H and O–H groups in total. The second-order valence-corrected chi connectivity index (χ2v) is 27.5. The number of rotatable bonds is 20. The maximum Gasteiger partial charge on any atom is 0.387 e. The average Bonchev–Trinajstić information content (AvgIpc) is 1.76. The first kappa shape index (κ1) is 86.8. The van der Waals surface area contributed by atoms with Gasteiger partial charge in [-0.25, -0.2) is 4.79 Å². The molecule has 1 aliphatic rings. The van der Waals surface area contributed by atoms with E-state index in [1.54, 1.807) is 74.4 Å². The Balaban J connectivity index is 0.000000135. The Kier molecular flexibility index (Phi) is 28.1. The number of nitrogens with zero attached hydrogens (tertiary/aromatic N) is 11. The Morgan fingerprint density at radius 3 is 1.16 bits per heavy atom. The molecule has 0 saturated heterocycles. The van der Waals surface area contributed by atoms with Gasteiger partial charge in [0.15, 0.2) is 11.5 Å². The summed E-state index contributed by atoms with van der Waals surface area (Å²) in [6.45, 7) is 16.4. The van der Waals surface area contributed by atoms with Gasteiger partial charge in [-0.3, -0.25) is 0 Å². The van der Waals surface area contributed by atoms with Gasteiger partial charge in [0.2, 0.25) is 6.79 Å². The maximum atomic E-state index is 12.1. The quantitative estimate of drug-likeness (QED) is 0.0641. The monoisotopic (exact) mass is 1650 g/mol. The van der Waals surface area contributed by atoms with Crippen molar-refractivity contribution in [1.82, 2.24) is 27.4 Å². The third-order valence-corrected chi connectivity index (χ3v) is 21.1. The van der Waals surface area contributed by atoms with Gasteiger partial charge in [0.25, 0.3) is 0 Å². The molecule has 0 unspecified atom stereocenters. The summed E-state index contributed by atoms with van der Waals surface area (Å²) >= 11 is 0. The van der Waals surface area contributed by atoms with Gasteiger partial charge in [0, 0.05) is 132 Å². The molecule has 1 aliphatic heterocycles. The first-order valence-electron chi connectivity index (χ1n) is 39.8. The molecule has 0 radical (unpaired) electrons. The van der Waals surface area contributed by atoms with Gasteiger partial charge >= 0.3 is 12.6 Å². The van der Waals surface area contributed by atoms with E-state index in [0.717, 1.165) is 189 Å². The summed E-state index contributed by atoms with van der Waals surface area (Å²) in [5.41, 5.74) is 17.2. The Labute approximate surface area is 710 Å². The fourth-order valence-corrected chi connectivity index (χ4v) is 15.4. The molecule has 123 heavy (non-hydrogen) atoms. The molecule has 0 fully saturated rings. The van der Waals surface area contributed by atoms with Crippen LogP contribution in [0.3, 0.4) is 0 Å². The van der Waals surface area contributed by atoms with Crippen LogP contribution < -0.4 is 42.6 Å². The lowest BCUT2D eigenvalue weighted by molar-refractivity contribution is -0.0497. The number of carbonyl (C=O) groups is 1. The third kappa shape index (κ3) is 17.8. The van der Waals surface area contributed by atoms with Crippen LogP contribution in [0, 0.1) is 56.7 Å². The smallest absolute Gasteiger partial charge is 0.387 e. The van der Waals surface area contributed by atoms with Crippen molar-refractivity contribution < 1.29 is 65.4 Å². The highest BCUT2D eigenvalue weighted by molar-refractivity contribution is 6.05. The van der Waals surface area contributed by atoms with Crippen LogP contribution in [0.15, 0.2) is 217 Å². The maximum absolute atomic E-state index is 12.1. The third-order valence-electron chi connectivity index (χ3n) is 21.1. The molecular weight excluding hydrogens is 1560 g/mol. The van der Waals surface area contributed by atoms with Crippen molar-refractivity contribution in [3.8, 4) is 127 Å². The van der Waals surface area contributed by atoms with E-state index in [1.165, 1.54) is 12.1 Å². The zero-order valence-electron chi connectivity index (χ0n) is 70.5. The highest BCUT2D eigenvalue weighted by atomic mass is 19.3. The van der Waals surface area contributed by atoms with Gasteiger partial charge in [-0.15, -0.1) is 0 Å². The van der Waals surface area contributed by atoms with E-state index in [2.05, 4.69) is 81.0 Å². The van der Waals surface area contributed by atoms with E-state index in [0.29, 0.717) is 46.7 Å². The molecule has 624 valence electrons. The van der Waals surface area contributed by atoms with Gasteiger partial charge in [-0.1, -0.05) is 30.3 Å². The summed E-state index contributed by atoms with van der Waals surface area (Å²) in [4.78, 5) is 11.9. The lowest BCUT2D eigenvalue weighted by Gasteiger charge is -2.09. The summed E-state index contributed by atoms with van der Waals surface area (Å²) < 4.78 is 93.7. The normalized spacial score (nSPS) is 11.0. The van der Waals surface area contributed by atoms with Gasteiger partial charge in [-0.05, 0) is 181 Å². The number of ether oxygens (including phenoxy) is 10. The molecule has 0 atom stereocenters. The number of nitriles is 5. The standard InChI is InChI=1S/C19H16N2O3.C19H18N2O2.C18H16N2O.C16H14N2O2.C14H17NO3.C12H10F2N2O/c1-3-21-16-9-13(22-2)5-6-14(16)15(10-20)19(21)12-4-7-17-18(8-12)24-11-23-17;1-4-21-18-11-15(23-3)9-10-16(18)17(12-20)19(21)13-5-7-14(22-2)8-6-13;1-3-20-17-11-14(21-2)9-10-15(17)16(12-19)18(20)13-7-5-4-6-8-13;1-3-18-15-8-12(19-2)4-5-13(15)14(9-17)16(18)11-6-7-20-10-11;1-4-15-9-12(14(16)18-5-2)11-7-6-10(17-3)8-13(11)15;1-2-16-7-8(6-15)10-4-3-9(5-11(10)16)17-12(13)14/h4-9H,3,11H2,1-2H3;5-11H,4H2,1-3H3;4-11H,3H2,1-2H3;4-8,10H,3H2,1-2H3;6-9H,4-5H2,1-3H3;3-5,7,12H,2H2,1H3. The zero-order chi connectivity index (χ0) is 87.5. The van der Waals surface area contributed by atoms with E-state index in [9.17, 15) is 34.6 Å². The van der Waals surface area contributed by atoms with Crippen LogP contribution in [0.4, 0.5) is 8.78 Å². The van der Waals surface area contributed by atoms with Crippen molar-refractivity contribution in [3.05, 3.63) is 246 Å². The van der Waals surface area contributed by atoms with E-state index in [1.807, 2.05) is 199 Å². The Morgan fingerprint density at radius 1 is 0.382 bits per heavy atom. The highest BCUT2D eigenvalue weighted by Crippen LogP contribution is 2.43. The number of furan rings is 1. The number of halogens is 2. The lowest BCUT2D eigenvalue weighted by atomic mass is 10.1. The predicted molar refractivity (Wildman–Crippen MR) is 471 cm³/mol. The van der Waals surface area contributed by atoms with Crippen LogP contribution in [0.1, 0.15) is 86.6 Å². The van der Waals surface area contributed by atoms with Gasteiger partial charge in [0.1, 0.15) is 70.6 Å². The number of fused-ring (bicyclic) bond motifs is 7. The van der Waals surface area contributed by atoms with Crippen molar-refractivity contribution in [2.75, 3.05) is 56.1 Å². The van der Waals surface area contributed by atoms with Gasteiger partial charge < -0.3 is 79.2 Å². The van der Waals surface area contributed by atoms with Crippen molar-refractivity contribution >= 4 is 71.4 Å². The Bertz CT molecular complexity index is 6710. The van der Waals surface area contributed by atoms with Crippen LogP contribution in [0.25, 0.3) is 110 Å². The van der Waals surface area contributed by atoms with Crippen molar-refractivity contribution in [2.45, 2.75) is 94.3 Å². The summed E-state index contributed by atoms with van der Waals surface area (Å²) in [6.07, 6.45) is 6.83. The summed E-state index contributed by atoms with van der Waals surface area (Å²) in [5.74, 6) is 6.00. The van der Waals surface area contributed by atoms with Crippen LogP contribution in [-0.2, 0) is 44.0 Å². The number of aromatic nitrogens is 6. The number of esters is 1. The molecule has 23 nitrogen and oxygen atoms in total. The van der Waals surface area contributed by atoms with Crippen LogP contribution in [0.2, 0.25) is 0 Å². The number of carbonyl (C=O) groups excluding carboxylic acids is 1. The number of aryl methyl sites for hydroxylation is 6. The number of benzene rings is 9. The first-order valence-corrected chi connectivity index (χ1v) is 39.8. The van der Waals surface area contributed by atoms with E-state index in [4.69, 9.17) is 52.3 Å². The second kappa shape index (κ2) is 39.8. The number of alkyl halides is 2. The minimum absolute atomic E-state index is 0.102. The fraction of sp³-hybridized carbons (Fsp3) is 0.224. The van der Waals surface area contributed by atoms with Crippen molar-refractivity contribution in [2.24, 2.45) is 0 Å².